The Balaban J connectivity index is 2.40. The van der Waals surface area contributed by atoms with Crippen LogP contribution in [0.4, 0.5) is 5.95 Å². The van der Waals surface area contributed by atoms with Crippen LogP contribution in [0.5, 0.6) is 0 Å². The highest BCUT2D eigenvalue weighted by Crippen LogP contribution is 2.66. The number of phosphoric ester groups is 1. The SMILES string of the molecule is [2H]C([2H])(OP(=O)(O)OP(=O)(O)OP(=O)(O)O)[C@H]1O[C@@H](n2cnc(N)nc2=O)C(Cl)(C#CC)[C@H]1O. The van der Waals surface area contributed by atoms with Crippen LogP contribution >= 0.6 is 35.1 Å². The quantitative estimate of drug-likeness (QED) is 0.128. The molecule has 180 valence electrons. The van der Waals surface area contributed by atoms with Gasteiger partial charge in [-0.2, -0.15) is 13.6 Å². The third-order valence-corrected chi connectivity index (χ3v) is 7.54. The van der Waals surface area contributed by atoms with Gasteiger partial charge in [-0.15, -0.1) is 5.92 Å². The Morgan fingerprint density at radius 3 is 2.50 bits per heavy atom. The minimum absolute atomic E-state index is 0.443. The van der Waals surface area contributed by atoms with Crippen molar-refractivity contribution in [1.29, 1.82) is 0 Å². The van der Waals surface area contributed by atoms with Crippen molar-refractivity contribution in [2.75, 3.05) is 12.3 Å². The van der Waals surface area contributed by atoms with Gasteiger partial charge in [-0.3, -0.25) is 9.09 Å². The second-order valence-corrected chi connectivity index (χ2v) is 10.7. The molecule has 0 radical (unpaired) electrons. The van der Waals surface area contributed by atoms with E-state index in [0.717, 1.165) is 6.33 Å². The van der Waals surface area contributed by atoms with Crippen LogP contribution in [0.1, 0.15) is 15.9 Å². The number of anilines is 1. The first kappa shape index (κ1) is 23.9. The number of aromatic nitrogens is 3. The molecule has 1 fully saturated rings. The zero-order valence-corrected chi connectivity index (χ0v) is 18.9. The number of aliphatic hydroxyl groups is 1. The molecule has 3 unspecified atom stereocenters. The molecular formula is C11H16ClN4O13P3. The van der Waals surface area contributed by atoms with E-state index in [1.165, 1.54) is 6.92 Å². The monoisotopic (exact) mass is 542 g/mol. The summed E-state index contributed by atoms with van der Waals surface area (Å²) in [5, 5.41) is 10.6. The fourth-order valence-electron chi connectivity index (χ4n) is 2.30. The second kappa shape index (κ2) is 9.57. The molecule has 21 heteroatoms. The summed E-state index contributed by atoms with van der Waals surface area (Å²) in [5.74, 6) is 4.19. The van der Waals surface area contributed by atoms with E-state index < -0.39 is 65.0 Å². The van der Waals surface area contributed by atoms with Gasteiger partial charge in [0, 0.05) is 0 Å². The fraction of sp³-hybridized carbons (Fsp3) is 0.545. The molecule has 0 saturated carbocycles. The summed E-state index contributed by atoms with van der Waals surface area (Å²) >= 11 is 6.31. The Kier molecular flexibility index (Phi) is 7.16. The lowest BCUT2D eigenvalue weighted by molar-refractivity contribution is -0.0458. The summed E-state index contributed by atoms with van der Waals surface area (Å²) in [6.45, 7) is -2.32. The van der Waals surface area contributed by atoms with Crippen LogP contribution in [-0.4, -0.2) is 62.9 Å². The zero-order chi connectivity index (χ0) is 26.3. The van der Waals surface area contributed by atoms with Crippen LogP contribution in [0.15, 0.2) is 11.1 Å². The van der Waals surface area contributed by atoms with Crippen molar-refractivity contribution >= 4 is 41.0 Å². The first-order valence-electron chi connectivity index (χ1n) is 8.74. The van der Waals surface area contributed by atoms with Gasteiger partial charge in [0.25, 0.3) is 0 Å². The van der Waals surface area contributed by atoms with E-state index in [-0.39, 0.29) is 0 Å². The molecule has 2 heterocycles. The maximum atomic E-state index is 12.2. The predicted molar refractivity (Wildman–Crippen MR) is 102 cm³/mol. The molecule has 1 aromatic rings. The van der Waals surface area contributed by atoms with Gasteiger partial charge in [0.15, 0.2) is 11.1 Å². The van der Waals surface area contributed by atoms with Crippen molar-refractivity contribution < 1.29 is 59.0 Å². The number of rotatable bonds is 8. The lowest BCUT2D eigenvalue weighted by Crippen LogP contribution is -2.43. The van der Waals surface area contributed by atoms with Gasteiger partial charge in [-0.05, 0) is 6.92 Å². The van der Waals surface area contributed by atoms with Gasteiger partial charge in [-0.25, -0.2) is 23.5 Å². The van der Waals surface area contributed by atoms with Gasteiger partial charge >= 0.3 is 29.2 Å². The molecule has 0 amide bonds. The standard InChI is InChI=1S/C11H16ClN4O13P3/c1-2-3-11(12)7(17)6(27-8(11)16-5-14-9(13)15-10(16)18)4-26-31(22,23)29-32(24,25)28-30(19,20)21/h5-8,17H,4H2,1H3,(H,22,23)(H,24,25)(H2,13,15,18)(H2,19,20,21)/t6-,7+,8-,11?/m1/s1/i4D2. The van der Waals surface area contributed by atoms with E-state index in [0.29, 0.717) is 4.57 Å². The average molecular weight is 543 g/mol. The molecule has 1 saturated heterocycles. The topological polar surface area (TPSA) is 263 Å². The summed E-state index contributed by atoms with van der Waals surface area (Å²) < 4.78 is 66.9. The van der Waals surface area contributed by atoms with Gasteiger partial charge in [0.2, 0.25) is 5.95 Å². The maximum absolute atomic E-state index is 12.2. The summed E-state index contributed by atoms with van der Waals surface area (Å²) in [6, 6.07) is 0. The minimum atomic E-state index is -6.00. The number of halogens is 1. The third kappa shape index (κ3) is 6.66. The van der Waals surface area contributed by atoms with Crippen molar-refractivity contribution in [2.45, 2.75) is 30.2 Å². The number of nitrogens with zero attached hydrogens (tertiary/aromatic N) is 3. The van der Waals surface area contributed by atoms with E-state index in [4.69, 9.17) is 34.6 Å². The van der Waals surface area contributed by atoms with Crippen LogP contribution in [0.3, 0.4) is 0 Å². The van der Waals surface area contributed by atoms with Crippen molar-refractivity contribution in [2.24, 2.45) is 0 Å². The van der Waals surface area contributed by atoms with Crippen LogP contribution < -0.4 is 11.4 Å². The molecule has 6 atom stereocenters. The number of alkyl halides is 1. The zero-order valence-electron chi connectivity index (χ0n) is 17.5. The maximum Gasteiger partial charge on any atom is 0.490 e. The molecule has 32 heavy (non-hydrogen) atoms. The highest BCUT2D eigenvalue weighted by Gasteiger charge is 2.56. The number of nitrogen functional groups attached to an aromatic ring is 1. The molecule has 0 aliphatic carbocycles. The lowest BCUT2D eigenvalue weighted by Gasteiger charge is -2.25. The third-order valence-electron chi connectivity index (χ3n) is 3.37. The molecule has 0 spiro atoms. The Morgan fingerprint density at radius 1 is 1.34 bits per heavy atom. The number of nitrogens with two attached hydrogens (primary N) is 1. The van der Waals surface area contributed by atoms with Crippen molar-refractivity contribution in [3.05, 3.63) is 16.8 Å². The van der Waals surface area contributed by atoms with E-state index in [9.17, 15) is 33.4 Å². The smallest absolute Gasteiger partial charge is 0.387 e. The minimum Gasteiger partial charge on any atom is -0.387 e. The predicted octanol–water partition coefficient (Wildman–Crippen LogP) is -1.18. The molecular weight excluding hydrogens is 525 g/mol. The Hall–Kier alpha value is -1.21. The van der Waals surface area contributed by atoms with Gasteiger partial charge in [0.1, 0.15) is 18.5 Å². The van der Waals surface area contributed by atoms with Gasteiger partial charge in [0.05, 0.1) is 9.30 Å². The first-order chi connectivity index (χ1) is 15.2. The molecule has 2 rings (SSSR count). The normalized spacial score (nSPS) is 30.9. The van der Waals surface area contributed by atoms with E-state index >= 15 is 0 Å². The average Bonchev–Trinajstić information content (AvgIpc) is 2.83. The number of phosphoric acid groups is 3. The number of ether oxygens (including phenoxy) is 1. The Morgan fingerprint density at radius 2 is 1.97 bits per heavy atom. The van der Waals surface area contributed by atoms with Crippen molar-refractivity contribution in [1.82, 2.24) is 14.5 Å². The fourth-order valence-corrected chi connectivity index (χ4v) is 5.54. The number of aliphatic hydroxyl groups excluding tert-OH is 1. The highest BCUT2D eigenvalue weighted by molar-refractivity contribution is 7.66. The van der Waals surface area contributed by atoms with Crippen molar-refractivity contribution in [3.63, 3.8) is 0 Å². The van der Waals surface area contributed by atoms with E-state index in [2.05, 4.69) is 35.0 Å². The summed E-state index contributed by atoms with van der Waals surface area (Å²) in [6.07, 6.45) is -5.57. The lowest BCUT2D eigenvalue weighted by atomic mass is 9.99. The highest BCUT2D eigenvalue weighted by atomic mass is 35.5. The summed E-state index contributed by atoms with van der Waals surface area (Å²) in [4.78, 5) is 52.7. The summed E-state index contributed by atoms with van der Waals surface area (Å²) in [7, 11) is -17.7. The van der Waals surface area contributed by atoms with Gasteiger partial charge in [-0.1, -0.05) is 17.5 Å². The van der Waals surface area contributed by atoms with Crippen LogP contribution in [0.25, 0.3) is 0 Å². The first-order valence-corrected chi connectivity index (χ1v) is 12.6. The van der Waals surface area contributed by atoms with Crippen LogP contribution in [-0.2, 0) is 31.6 Å². The Bertz CT molecular complexity index is 1220. The molecule has 0 bridgehead atoms. The van der Waals surface area contributed by atoms with Crippen molar-refractivity contribution in [3.8, 4) is 11.8 Å². The molecule has 7 N–H and O–H groups in total. The van der Waals surface area contributed by atoms with Crippen LogP contribution in [0, 0.1) is 11.8 Å². The largest absolute Gasteiger partial charge is 0.490 e. The molecule has 0 aromatic carbocycles. The van der Waals surface area contributed by atoms with E-state index in [1.807, 2.05) is 0 Å². The van der Waals surface area contributed by atoms with Gasteiger partial charge < -0.3 is 35.2 Å². The second-order valence-electron chi connectivity index (χ2n) is 5.70. The van der Waals surface area contributed by atoms with Crippen LogP contribution in [0.2, 0.25) is 0 Å². The molecule has 1 aliphatic rings. The summed E-state index contributed by atoms with van der Waals surface area (Å²) in [5.41, 5.74) is 4.18. The number of hydrogen-bond donors (Lipinski definition) is 6. The molecule has 1 aromatic heterocycles. The van der Waals surface area contributed by atoms with E-state index in [1.54, 1.807) is 0 Å². The Labute approximate surface area is 186 Å². The molecule has 17 nitrogen and oxygen atoms in total. The number of hydrogen-bond acceptors (Lipinski definition) is 12. The molecule has 1 aliphatic heterocycles.